The summed E-state index contributed by atoms with van der Waals surface area (Å²) in [4.78, 5) is 28.6. The third-order valence-corrected chi connectivity index (χ3v) is 14.1. The Hall–Kier alpha value is -3.90. The predicted molar refractivity (Wildman–Crippen MR) is 182 cm³/mol. The summed E-state index contributed by atoms with van der Waals surface area (Å²) in [5.41, 5.74) is 0.197. The molecule has 47 heavy (non-hydrogen) atoms. The van der Waals surface area contributed by atoms with E-state index in [0.29, 0.717) is 38.8 Å². The Morgan fingerprint density at radius 3 is 2.21 bits per heavy atom. The molecule has 2 aliphatic rings. The summed E-state index contributed by atoms with van der Waals surface area (Å²) in [6.45, 7) is 11.7. The van der Waals surface area contributed by atoms with Crippen LogP contribution < -0.4 is 20.2 Å². The molecule has 0 radical (unpaired) electrons. The number of fused-ring (bicyclic) bond motifs is 1. The summed E-state index contributed by atoms with van der Waals surface area (Å²) in [5.74, 6) is -0.865. The molecule has 0 aliphatic carbocycles. The Bertz CT molecular complexity index is 1680. The summed E-state index contributed by atoms with van der Waals surface area (Å²) in [7, 11) is -2.73. The first kappa shape index (κ1) is 33.0. The van der Waals surface area contributed by atoms with E-state index >= 15 is 4.39 Å². The molecular weight excluding hydrogens is 617 g/mol. The lowest BCUT2D eigenvalue weighted by Crippen LogP contribution is -2.66. The number of carbonyl (C=O) groups excluding carboxylic acids is 2. The molecule has 11 heteroatoms. The molecule has 1 amide bonds. The predicted octanol–water partition coefficient (Wildman–Crippen LogP) is 5.44. The molecule has 1 aromatic heterocycles. The highest BCUT2D eigenvalue weighted by molar-refractivity contribution is 6.99. The summed E-state index contributed by atoms with van der Waals surface area (Å²) in [6, 6.07) is 22.4. The van der Waals surface area contributed by atoms with Crippen LogP contribution in [0.5, 0.6) is 0 Å². The van der Waals surface area contributed by atoms with Crippen LogP contribution in [0.1, 0.15) is 57.8 Å². The minimum Gasteiger partial charge on any atom is -0.407 e. The lowest BCUT2D eigenvalue weighted by atomic mass is 10.1. The maximum atomic E-state index is 16.1. The molecule has 9 nitrogen and oxygen atoms in total. The number of hydrogen-bond acceptors (Lipinski definition) is 8. The highest BCUT2D eigenvalue weighted by Gasteiger charge is 2.50. The van der Waals surface area contributed by atoms with Crippen LogP contribution in [0.2, 0.25) is 5.04 Å². The topological polar surface area (TPSA) is 94.3 Å². The summed E-state index contributed by atoms with van der Waals surface area (Å²) in [5, 5.41) is 6.59. The fraction of sp³-hybridized carbons (Fsp3) is 0.417. The fourth-order valence-electron chi connectivity index (χ4n) is 7.16. The molecule has 3 aromatic carbocycles. The molecule has 2 fully saturated rings. The molecule has 0 spiro atoms. The minimum absolute atomic E-state index is 0.110. The van der Waals surface area contributed by atoms with Crippen LogP contribution in [-0.2, 0) is 18.7 Å². The number of rotatable bonds is 10. The third kappa shape index (κ3) is 6.13. The second-order valence-corrected chi connectivity index (χ2v) is 17.8. The van der Waals surface area contributed by atoms with Gasteiger partial charge in [0.05, 0.1) is 23.3 Å². The number of hydrogen-bond donors (Lipinski definition) is 0. The number of aromatic nitrogens is 1. The van der Waals surface area contributed by atoms with Crippen molar-refractivity contribution in [3.63, 3.8) is 0 Å². The lowest BCUT2D eigenvalue weighted by Gasteiger charge is -2.43. The van der Waals surface area contributed by atoms with E-state index < -0.39 is 20.4 Å². The lowest BCUT2D eigenvalue weighted by molar-refractivity contribution is -0.117. The normalized spacial score (nSPS) is 20.7. The third-order valence-electron chi connectivity index (χ3n) is 9.07. The van der Waals surface area contributed by atoms with E-state index in [1.165, 1.54) is 15.3 Å². The molecule has 3 heterocycles. The first-order valence-electron chi connectivity index (χ1n) is 16.2. The molecule has 4 aromatic rings. The number of nitrogens with zero attached hydrogens (tertiary/aromatic N) is 3. The Labute approximate surface area is 275 Å². The minimum atomic E-state index is -2.73. The smallest absolute Gasteiger partial charge is 0.261 e. The highest BCUT2D eigenvalue weighted by atomic mass is 28.4. The molecule has 0 saturated carbocycles. The number of morpholine rings is 1. The van der Waals surface area contributed by atoms with E-state index in [9.17, 15) is 9.59 Å². The van der Waals surface area contributed by atoms with Crippen LogP contribution in [0.3, 0.4) is 0 Å². The van der Waals surface area contributed by atoms with Crippen LogP contribution in [0, 0.1) is 5.82 Å². The van der Waals surface area contributed by atoms with Gasteiger partial charge in [0.2, 0.25) is 5.58 Å². The van der Waals surface area contributed by atoms with Crippen molar-refractivity contribution in [3.8, 4) is 0 Å². The summed E-state index contributed by atoms with van der Waals surface area (Å²) >= 11 is 0. The second kappa shape index (κ2) is 13.3. The number of benzene rings is 3. The first-order chi connectivity index (χ1) is 22.5. The molecular formula is C36H42FN3O6Si. The van der Waals surface area contributed by atoms with Gasteiger partial charge in [0.25, 0.3) is 14.2 Å². The van der Waals surface area contributed by atoms with Gasteiger partial charge >= 0.3 is 0 Å². The zero-order valence-electron chi connectivity index (χ0n) is 27.6. The SMILES string of the molecule is C[C@@H]1CN(c2c(C=O)cc3c(N4C(=O)CO[C@@H]4CCCO[Si](c4ccccc4)(c4ccccc4)C(C)(C)C)noc3c2F)C[C@@H](C)O1. The maximum absolute atomic E-state index is 16.1. The van der Waals surface area contributed by atoms with Crippen molar-refractivity contribution < 1.29 is 32.4 Å². The number of amides is 1. The molecule has 2 aliphatic heterocycles. The van der Waals surface area contributed by atoms with Gasteiger partial charge < -0.3 is 23.3 Å². The number of ether oxygens (including phenoxy) is 2. The fourth-order valence-corrected chi connectivity index (χ4v) is 11.8. The van der Waals surface area contributed by atoms with E-state index in [2.05, 4.69) is 74.5 Å². The van der Waals surface area contributed by atoms with Gasteiger partial charge in [-0.1, -0.05) is 86.6 Å². The Morgan fingerprint density at radius 1 is 1.02 bits per heavy atom. The van der Waals surface area contributed by atoms with E-state index in [1.807, 2.05) is 26.0 Å². The molecule has 2 saturated heterocycles. The van der Waals surface area contributed by atoms with E-state index in [-0.39, 0.29) is 57.8 Å². The standard InChI is InChI=1S/C36H42FN3O6Si/c1-24-20-39(21-25(2)45-24)33-26(22-41)19-29-34(32(33)37)46-38-35(29)40-30(42)23-43-31(40)17-12-18-44-47(36(3,4)5,27-13-8-6-9-14-27)28-15-10-7-11-16-28/h6-11,13-16,19,22,24-25,31H,12,17-18,20-21,23H2,1-5H3/t24-,25-,31-/m1/s1. The second-order valence-electron chi connectivity index (χ2n) is 13.5. The van der Waals surface area contributed by atoms with Crippen molar-refractivity contribution in [2.24, 2.45) is 0 Å². The quantitative estimate of drug-likeness (QED) is 0.126. The van der Waals surface area contributed by atoms with Gasteiger partial charge in [0, 0.05) is 25.3 Å². The van der Waals surface area contributed by atoms with E-state index in [0.717, 1.165) is 0 Å². The highest BCUT2D eigenvalue weighted by Crippen LogP contribution is 2.39. The number of halogens is 1. The monoisotopic (exact) mass is 659 g/mol. The van der Waals surface area contributed by atoms with Crippen LogP contribution in [-0.4, -0.2) is 70.4 Å². The van der Waals surface area contributed by atoms with Gasteiger partial charge in [0.1, 0.15) is 12.8 Å². The molecule has 0 bridgehead atoms. The average molecular weight is 660 g/mol. The molecule has 6 rings (SSSR count). The van der Waals surface area contributed by atoms with Crippen molar-refractivity contribution in [3.05, 3.63) is 78.1 Å². The number of anilines is 2. The van der Waals surface area contributed by atoms with Gasteiger partial charge in [-0.05, 0) is 48.2 Å². The van der Waals surface area contributed by atoms with Gasteiger partial charge in [-0.3, -0.25) is 14.5 Å². The largest absolute Gasteiger partial charge is 0.407 e. The van der Waals surface area contributed by atoms with Crippen LogP contribution in [0.4, 0.5) is 15.9 Å². The van der Waals surface area contributed by atoms with Crippen LogP contribution in [0.15, 0.2) is 71.3 Å². The van der Waals surface area contributed by atoms with Crippen molar-refractivity contribution >= 4 is 53.4 Å². The van der Waals surface area contributed by atoms with Gasteiger partial charge in [-0.15, -0.1) is 0 Å². The Kier molecular flexibility index (Phi) is 9.35. The first-order valence-corrected chi connectivity index (χ1v) is 18.1. The summed E-state index contributed by atoms with van der Waals surface area (Å²) in [6.07, 6.45) is 0.755. The molecule has 0 unspecified atom stereocenters. The summed E-state index contributed by atoms with van der Waals surface area (Å²) < 4.78 is 40.3. The van der Waals surface area contributed by atoms with Crippen molar-refractivity contribution in [2.45, 2.75) is 70.9 Å². The maximum Gasteiger partial charge on any atom is 0.261 e. The van der Waals surface area contributed by atoms with Crippen molar-refractivity contribution in [1.82, 2.24) is 5.16 Å². The van der Waals surface area contributed by atoms with Crippen molar-refractivity contribution in [1.29, 1.82) is 0 Å². The molecule has 3 atom stereocenters. The average Bonchev–Trinajstić information content (AvgIpc) is 3.63. The number of aldehydes is 1. The zero-order valence-corrected chi connectivity index (χ0v) is 28.6. The van der Waals surface area contributed by atoms with E-state index in [4.69, 9.17) is 18.4 Å². The van der Waals surface area contributed by atoms with Gasteiger partial charge in [0.15, 0.2) is 17.9 Å². The number of carbonyl (C=O) groups is 2. The molecule has 248 valence electrons. The zero-order chi connectivity index (χ0) is 33.3. The Morgan fingerprint density at radius 2 is 1.64 bits per heavy atom. The van der Waals surface area contributed by atoms with Crippen LogP contribution >= 0.6 is 0 Å². The van der Waals surface area contributed by atoms with Crippen LogP contribution in [0.25, 0.3) is 11.0 Å². The van der Waals surface area contributed by atoms with Gasteiger partial charge in [-0.25, -0.2) is 4.39 Å². The van der Waals surface area contributed by atoms with Gasteiger partial charge in [-0.2, -0.15) is 0 Å². The molecule has 0 N–H and O–H groups in total. The van der Waals surface area contributed by atoms with Crippen molar-refractivity contribution in [2.75, 3.05) is 36.1 Å². The Balaban J connectivity index is 1.25. The van der Waals surface area contributed by atoms with E-state index in [1.54, 1.807) is 11.0 Å².